The van der Waals surface area contributed by atoms with Crippen molar-refractivity contribution in [1.82, 2.24) is 4.98 Å². The highest BCUT2D eigenvalue weighted by atomic mass is 16.5. The van der Waals surface area contributed by atoms with Crippen molar-refractivity contribution in [2.75, 3.05) is 25.1 Å². The molecule has 0 aliphatic heterocycles. The maximum Gasteiger partial charge on any atom is 0.335 e. The topological polar surface area (TPSA) is 71.5 Å². The van der Waals surface area contributed by atoms with E-state index in [9.17, 15) is 4.79 Å². The van der Waals surface area contributed by atoms with E-state index >= 15 is 0 Å². The van der Waals surface area contributed by atoms with E-state index in [1.807, 2.05) is 0 Å². The first-order valence-corrected chi connectivity index (χ1v) is 6.17. The molecule has 0 atom stereocenters. The number of aryl methyl sites for hydroxylation is 1. The molecule has 1 heterocycles. The van der Waals surface area contributed by atoms with Gasteiger partial charge in [0.25, 0.3) is 0 Å². The molecule has 1 rings (SSSR count). The minimum Gasteiger partial charge on any atom is -0.478 e. The van der Waals surface area contributed by atoms with Gasteiger partial charge in [0.1, 0.15) is 5.82 Å². The molecule has 0 saturated carbocycles. The average Bonchev–Trinajstić information content (AvgIpc) is 2.33. The van der Waals surface area contributed by atoms with Gasteiger partial charge in [-0.1, -0.05) is 6.92 Å². The molecule has 0 amide bonds. The molecule has 5 heteroatoms. The second kappa shape index (κ2) is 7.66. The van der Waals surface area contributed by atoms with Crippen molar-refractivity contribution in [3.05, 3.63) is 23.4 Å². The summed E-state index contributed by atoms with van der Waals surface area (Å²) < 4.78 is 5.35. The Morgan fingerprint density at radius 1 is 1.44 bits per heavy atom. The van der Waals surface area contributed by atoms with Crippen LogP contribution in [-0.4, -0.2) is 35.8 Å². The number of carboxylic acids is 1. The summed E-state index contributed by atoms with van der Waals surface area (Å²) in [5, 5.41) is 12.0. The van der Waals surface area contributed by atoms with E-state index in [4.69, 9.17) is 9.84 Å². The molecule has 5 nitrogen and oxygen atoms in total. The largest absolute Gasteiger partial charge is 0.478 e. The van der Waals surface area contributed by atoms with Crippen molar-refractivity contribution >= 4 is 11.8 Å². The van der Waals surface area contributed by atoms with E-state index < -0.39 is 5.97 Å². The highest BCUT2D eigenvalue weighted by Crippen LogP contribution is 2.10. The Labute approximate surface area is 107 Å². The highest BCUT2D eigenvalue weighted by molar-refractivity contribution is 5.88. The van der Waals surface area contributed by atoms with Crippen LogP contribution in [-0.2, 0) is 4.74 Å². The summed E-state index contributed by atoms with van der Waals surface area (Å²) in [7, 11) is 0. The summed E-state index contributed by atoms with van der Waals surface area (Å²) in [6.07, 6.45) is 1.90. The number of carboxylic acid groups (broad SMARTS) is 1. The zero-order chi connectivity index (χ0) is 13.4. The second-order valence-corrected chi connectivity index (χ2v) is 4.08. The predicted octanol–water partition coefficient (Wildman–Crippen LogP) is 2.32. The Bertz CT molecular complexity index is 394. The van der Waals surface area contributed by atoms with Crippen LogP contribution in [0.3, 0.4) is 0 Å². The van der Waals surface area contributed by atoms with Gasteiger partial charge < -0.3 is 15.2 Å². The number of rotatable bonds is 8. The van der Waals surface area contributed by atoms with Crippen LogP contribution in [0, 0.1) is 6.92 Å². The van der Waals surface area contributed by atoms with Crippen molar-refractivity contribution < 1.29 is 14.6 Å². The molecule has 0 unspecified atom stereocenters. The SMILES string of the molecule is CCCOCCCNc1cc(C(=O)O)cc(C)n1. The number of hydrogen-bond acceptors (Lipinski definition) is 4. The van der Waals surface area contributed by atoms with E-state index in [-0.39, 0.29) is 5.56 Å². The molecule has 0 radical (unpaired) electrons. The number of aromatic nitrogens is 1. The maximum atomic E-state index is 10.9. The molecule has 1 aromatic heterocycles. The van der Waals surface area contributed by atoms with Crippen LogP contribution >= 0.6 is 0 Å². The van der Waals surface area contributed by atoms with Crippen LogP contribution in [0.25, 0.3) is 0 Å². The summed E-state index contributed by atoms with van der Waals surface area (Å²) in [4.78, 5) is 15.1. The van der Waals surface area contributed by atoms with Gasteiger partial charge in [0.15, 0.2) is 0 Å². The number of anilines is 1. The smallest absolute Gasteiger partial charge is 0.335 e. The Hall–Kier alpha value is -1.62. The van der Waals surface area contributed by atoms with E-state index in [0.29, 0.717) is 18.1 Å². The van der Waals surface area contributed by atoms with E-state index in [0.717, 1.165) is 26.0 Å². The maximum absolute atomic E-state index is 10.9. The normalized spacial score (nSPS) is 10.3. The van der Waals surface area contributed by atoms with Crippen LogP contribution < -0.4 is 5.32 Å². The number of hydrogen-bond donors (Lipinski definition) is 2. The molecule has 0 saturated heterocycles. The molecule has 100 valence electrons. The highest BCUT2D eigenvalue weighted by Gasteiger charge is 2.05. The lowest BCUT2D eigenvalue weighted by atomic mass is 10.2. The number of nitrogens with zero attached hydrogens (tertiary/aromatic N) is 1. The number of aromatic carboxylic acids is 1. The fourth-order valence-corrected chi connectivity index (χ4v) is 1.52. The van der Waals surface area contributed by atoms with Gasteiger partial charge in [0.05, 0.1) is 5.56 Å². The van der Waals surface area contributed by atoms with Crippen molar-refractivity contribution in [2.24, 2.45) is 0 Å². The summed E-state index contributed by atoms with van der Waals surface area (Å²) >= 11 is 0. The predicted molar refractivity (Wildman–Crippen MR) is 70.2 cm³/mol. The molecule has 2 N–H and O–H groups in total. The van der Waals surface area contributed by atoms with Crippen LogP contribution in [0.4, 0.5) is 5.82 Å². The monoisotopic (exact) mass is 252 g/mol. The summed E-state index contributed by atoms with van der Waals surface area (Å²) in [5.74, 6) is -0.335. The molecule has 0 spiro atoms. The third kappa shape index (κ3) is 5.14. The summed E-state index contributed by atoms with van der Waals surface area (Å²) in [5.41, 5.74) is 0.951. The van der Waals surface area contributed by atoms with Crippen LogP contribution in [0.15, 0.2) is 12.1 Å². The van der Waals surface area contributed by atoms with Gasteiger partial charge in [0.2, 0.25) is 0 Å². The lowest BCUT2D eigenvalue weighted by molar-refractivity contribution is 0.0696. The minimum atomic E-state index is -0.935. The number of ether oxygens (including phenoxy) is 1. The van der Waals surface area contributed by atoms with Gasteiger partial charge in [-0.15, -0.1) is 0 Å². The Morgan fingerprint density at radius 2 is 2.22 bits per heavy atom. The van der Waals surface area contributed by atoms with Gasteiger partial charge in [0, 0.05) is 25.5 Å². The first-order chi connectivity index (χ1) is 8.63. The molecule has 0 aliphatic carbocycles. The Balaban J connectivity index is 2.40. The molecule has 0 aliphatic rings. The van der Waals surface area contributed by atoms with E-state index in [1.165, 1.54) is 0 Å². The van der Waals surface area contributed by atoms with Gasteiger partial charge in [-0.2, -0.15) is 0 Å². The van der Waals surface area contributed by atoms with Crippen LogP contribution in [0.5, 0.6) is 0 Å². The first kappa shape index (κ1) is 14.4. The Kier molecular flexibility index (Phi) is 6.14. The average molecular weight is 252 g/mol. The second-order valence-electron chi connectivity index (χ2n) is 4.08. The lowest BCUT2D eigenvalue weighted by Crippen LogP contribution is -2.09. The first-order valence-electron chi connectivity index (χ1n) is 6.17. The van der Waals surface area contributed by atoms with Gasteiger partial charge in [-0.25, -0.2) is 9.78 Å². The molecule has 1 aromatic rings. The third-order valence-corrected chi connectivity index (χ3v) is 2.32. The van der Waals surface area contributed by atoms with Crippen molar-refractivity contribution in [3.63, 3.8) is 0 Å². The summed E-state index contributed by atoms with van der Waals surface area (Å²) in [6.45, 7) is 6.06. The van der Waals surface area contributed by atoms with Crippen LogP contribution in [0.1, 0.15) is 35.8 Å². The molecule has 0 fully saturated rings. The molecule has 18 heavy (non-hydrogen) atoms. The molecule has 0 bridgehead atoms. The standard InChI is InChI=1S/C13H20N2O3/c1-3-6-18-7-4-5-14-12-9-11(13(16)17)8-10(2)15-12/h8-9H,3-7H2,1-2H3,(H,14,15)(H,16,17). The molecular weight excluding hydrogens is 232 g/mol. The van der Waals surface area contributed by atoms with Crippen molar-refractivity contribution in [3.8, 4) is 0 Å². The van der Waals surface area contributed by atoms with Crippen molar-refractivity contribution in [2.45, 2.75) is 26.7 Å². The minimum absolute atomic E-state index is 0.257. The fraction of sp³-hybridized carbons (Fsp3) is 0.538. The lowest BCUT2D eigenvalue weighted by Gasteiger charge is -2.07. The number of nitrogens with one attached hydrogen (secondary N) is 1. The fourth-order valence-electron chi connectivity index (χ4n) is 1.52. The van der Waals surface area contributed by atoms with Crippen molar-refractivity contribution in [1.29, 1.82) is 0 Å². The molecular formula is C13H20N2O3. The third-order valence-electron chi connectivity index (χ3n) is 2.32. The molecule has 0 aromatic carbocycles. The quantitative estimate of drug-likeness (QED) is 0.695. The zero-order valence-corrected chi connectivity index (χ0v) is 10.9. The van der Waals surface area contributed by atoms with Gasteiger partial charge in [-0.05, 0) is 31.9 Å². The van der Waals surface area contributed by atoms with Gasteiger partial charge in [-0.3, -0.25) is 0 Å². The van der Waals surface area contributed by atoms with E-state index in [1.54, 1.807) is 19.1 Å². The van der Waals surface area contributed by atoms with Crippen LogP contribution in [0.2, 0.25) is 0 Å². The zero-order valence-electron chi connectivity index (χ0n) is 10.9. The number of pyridine rings is 1. The Morgan fingerprint density at radius 3 is 2.89 bits per heavy atom. The van der Waals surface area contributed by atoms with E-state index in [2.05, 4.69) is 17.2 Å². The van der Waals surface area contributed by atoms with Gasteiger partial charge >= 0.3 is 5.97 Å². The number of carbonyl (C=O) groups is 1. The summed E-state index contributed by atoms with van der Waals surface area (Å²) in [6, 6.07) is 3.10.